The Bertz CT molecular complexity index is 618. The van der Waals surface area contributed by atoms with Crippen LogP contribution in [0.4, 0.5) is 5.95 Å². The maximum absolute atomic E-state index is 10.1. The number of imidazole rings is 1. The standard InChI is InChI=1S/C10H12ClN5O3/c11-8-6-9(15-10(12)14-8)16(3-13-6)4-2-19-5(1-17)7(4)18/h3-5,7,17-18H,1-2H2,(H2,12,14,15)/t4-,5-,7+/m1/s1. The average Bonchev–Trinajstić information content (AvgIpc) is 2.92. The van der Waals surface area contributed by atoms with Crippen LogP contribution in [0, 0.1) is 0 Å². The van der Waals surface area contributed by atoms with E-state index in [-0.39, 0.29) is 24.3 Å². The molecule has 0 aliphatic carbocycles. The molecular formula is C10H12ClN5O3. The molecule has 3 rings (SSSR count). The fourth-order valence-electron chi connectivity index (χ4n) is 2.21. The Morgan fingerprint density at radius 2 is 2.32 bits per heavy atom. The van der Waals surface area contributed by atoms with Gasteiger partial charge in [0.05, 0.1) is 25.6 Å². The summed E-state index contributed by atoms with van der Waals surface area (Å²) in [5.74, 6) is 0.0337. The van der Waals surface area contributed by atoms with Crippen molar-refractivity contribution in [3.63, 3.8) is 0 Å². The summed E-state index contributed by atoms with van der Waals surface area (Å²) in [5.41, 5.74) is 6.40. The summed E-state index contributed by atoms with van der Waals surface area (Å²) in [7, 11) is 0. The Labute approximate surface area is 112 Å². The van der Waals surface area contributed by atoms with Crippen LogP contribution in [0.15, 0.2) is 6.33 Å². The molecule has 1 fully saturated rings. The summed E-state index contributed by atoms with van der Waals surface area (Å²) in [4.78, 5) is 12.0. The van der Waals surface area contributed by atoms with Crippen molar-refractivity contribution < 1.29 is 14.9 Å². The molecule has 0 spiro atoms. The topological polar surface area (TPSA) is 119 Å². The molecule has 1 saturated heterocycles. The second kappa shape index (κ2) is 4.57. The van der Waals surface area contributed by atoms with Gasteiger partial charge in [-0.1, -0.05) is 11.6 Å². The molecule has 102 valence electrons. The Morgan fingerprint density at radius 1 is 1.53 bits per heavy atom. The first kappa shape index (κ1) is 12.5. The van der Waals surface area contributed by atoms with Gasteiger partial charge in [0.2, 0.25) is 5.95 Å². The summed E-state index contributed by atoms with van der Waals surface area (Å²) >= 11 is 5.93. The van der Waals surface area contributed by atoms with E-state index in [0.717, 1.165) is 0 Å². The Kier molecular flexibility index (Phi) is 3.02. The quantitative estimate of drug-likeness (QED) is 0.628. The number of fused-ring (bicyclic) bond motifs is 1. The minimum Gasteiger partial charge on any atom is -0.394 e. The molecule has 0 amide bonds. The number of aromatic nitrogens is 4. The Morgan fingerprint density at radius 3 is 3.00 bits per heavy atom. The van der Waals surface area contributed by atoms with Gasteiger partial charge in [-0.15, -0.1) is 0 Å². The first-order valence-corrected chi connectivity index (χ1v) is 6.05. The second-order valence-electron chi connectivity index (χ2n) is 4.31. The lowest BCUT2D eigenvalue weighted by atomic mass is 10.1. The summed E-state index contributed by atoms with van der Waals surface area (Å²) in [6.45, 7) is 0.00154. The van der Waals surface area contributed by atoms with E-state index in [0.29, 0.717) is 11.2 Å². The van der Waals surface area contributed by atoms with E-state index in [1.807, 2.05) is 0 Å². The number of rotatable bonds is 2. The zero-order chi connectivity index (χ0) is 13.6. The normalized spacial score (nSPS) is 27.2. The van der Waals surface area contributed by atoms with Gasteiger partial charge < -0.3 is 25.3 Å². The van der Waals surface area contributed by atoms with Crippen LogP contribution >= 0.6 is 11.6 Å². The van der Waals surface area contributed by atoms with Crippen molar-refractivity contribution in [2.45, 2.75) is 18.2 Å². The van der Waals surface area contributed by atoms with Gasteiger partial charge in [-0.2, -0.15) is 9.97 Å². The lowest BCUT2D eigenvalue weighted by Gasteiger charge is -2.17. The number of aliphatic hydroxyl groups excluding tert-OH is 2. The number of aliphatic hydroxyl groups is 2. The van der Waals surface area contributed by atoms with E-state index < -0.39 is 18.2 Å². The van der Waals surface area contributed by atoms with Crippen molar-refractivity contribution in [2.75, 3.05) is 18.9 Å². The highest BCUT2D eigenvalue weighted by Gasteiger charge is 2.37. The maximum Gasteiger partial charge on any atom is 0.223 e. The molecule has 3 heterocycles. The van der Waals surface area contributed by atoms with Crippen LogP contribution in [0.25, 0.3) is 11.2 Å². The number of nitrogens with two attached hydrogens (primary N) is 1. The molecule has 2 aromatic rings. The summed E-state index contributed by atoms with van der Waals surface area (Å²) in [6, 6.07) is -0.396. The van der Waals surface area contributed by atoms with Gasteiger partial charge in [-0.3, -0.25) is 0 Å². The van der Waals surface area contributed by atoms with Crippen LogP contribution in [0.2, 0.25) is 5.15 Å². The SMILES string of the molecule is Nc1nc(Cl)c2ncn([C@@H]3CO[C@H](CO)[C@H]3O)c2n1. The molecule has 1 aliphatic heterocycles. The van der Waals surface area contributed by atoms with Gasteiger partial charge in [-0.05, 0) is 0 Å². The third-order valence-corrected chi connectivity index (χ3v) is 3.45. The number of anilines is 1. The Balaban J connectivity index is 2.07. The van der Waals surface area contributed by atoms with E-state index in [9.17, 15) is 5.11 Å². The molecular weight excluding hydrogens is 274 g/mol. The molecule has 0 bridgehead atoms. The highest BCUT2D eigenvalue weighted by atomic mass is 35.5. The maximum atomic E-state index is 10.1. The van der Waals surface area contributed by atoms with E-state index >= 15 is 0 Å². The minimum absolute atomic E-state index is 0.0337. The van der Waals surface area contributed by atoms with E-state index in [2.05, 4.69) is 15.0 Å². The Hall–Kier alpha value is -1.48. The monoisotopic (exact) mass is 285 g/mol. The molecule has 0 aromatic carbocycles. The summed E-state index contributed by atoms with van der Waals surface area (Å²) in [6.07, 6.45) is 0.0382. The lowest BCUT2D eigenvalue weighted by Crippen LogP contribution is -2.30. The third kappa shape index (κ3) is 1.93. The van der Waals surface area contributed by atoms with Crippen molar-refractivity contribution in [3.8, 4) is 0 Å². The third-order valence-electron chi connectivity index (χ3n) is 3.19. The van der Waals surface area contributed by atoms with Crippen LogP contribution in [0.3, 0.4) is 0 Å². The van der Waals surface area contributed by atoms with Crippen molar-refractivity contribution in [3.05, 3.63) is 11.5 Å². The highest BCUT2D eigenvalue weighted by molar-refractivity contribution is 6.33. The van der Waals surface area contributed by atoms with E-state index in [4.69, 9.17) is 27.2 Å². The zero-order valence-electron chi connectivity index (χ0n) is 9.77. The minimum atomic E-state index is -0.850. The summed E-state index contributed by atoms with van der Waals surface area (Å²) < 4.78 is 6.94. The highest BCUT2D eigenvalue weighted by Crippen LogP contribution is 2.29. The first-order valence-electron chi connectivity index (χ1n) is 5.68. The average molecular weight is 286 g/mol. The van der Waals surface area contributed by atoms with Gasteiger partial charge in [-0.25, -0.2) is 4.98 Å². The molecule has 1 aliphatic rings. The molecule has 0 saturated carbocycles. The number of hydrogen-bond donors (Lipinski definition) is 3. The fourth-order valence-corrected chi connectivity index (χ4v) is 2.43. The van der Waals surface area contributed by atoms with Gasteiger partial charge >= 0.3 is 0 Å². The van der Waals surface area contributed by atoms with Crippen molar-refractivity contribution >= 4 is 28.7 Å². The van der Waals surface area contributed by atoms with E-state index in [1.165, 1.54) is 6.33 Å². The van der Waals surface area contributed by atoms with E-state index in [1.54, 1.807) is 4.57 Å². The molecule has 0 unspecified atom stereocenters. The van der Waals surface area contributed by atoms with Crippen molar-refractivity contribution in [1.29, 1.82) is 0 Å². The van der Waals surface area contributed by atoms with Gasteiger partial charge in [0, 0.05) is 0 Å². The van der Waals surface area contributed by atoms with Crippen LogP contribution in [-0.2, 0) is 4.74 Å². The smallest absolute Gasteiger partial charge is 0.223 e. The predicted octanol–water partition coefficient (Wildman–Crippen LogP) is -0.645. The van der Waals surface area contributed by atoms with Crippen LogP contribution in [0.1, 0.15) is 6.04 Å². The largest absolute Gasteiger partial charge is 0.394 e. The first-order chi connectivity index (χ1) is 9.11. The molecule has 0 radical (unpaired) electrons. The molecule has 4 N–H and O–H groups in total. The van der Waals surface area contributed by atoms with Gasteiger partial charge in [0.25, 0.3) is 0 Å². The molecule has 8 nitrogen and oxygen atoms in total. The van der Waals surface area contributed by atoms with Crippen LogP contribution in [0.5, 0.6) is 0 Å². The number of halogens is 1. The lowest BCUT2D eigenvalue weighted by molar-refractivity contribution is 0.00206. The van der Waals surface area contributed by atoms with Crippen molar-refractivity contribution in [1.82, 2.24) is 19.5 Å². The number of nitrogen functional groups attached to an aromatic ring is 1. The molecule has 19 heavy (non-hydrogen) atoms. The molecule has 3 atom stereocenters. The fraction of sp³-hybridized carbons (Fsp3) is 0.500. The molecule has 2 aromatic heterocycles. The predicted molar refractivity (Wildman–Crippen MR) is 66.6 cm³/mol. The van der Waals surface area contributed by atoms with Crippen molar-refractivity contribution in [2.24, 2.45) is 0 Å². The van der Waals surface area contributed by atoms with Gasteiger partial charge in [0.1, 0.15) is 17.7 Å². The second-order valence-corrected chi connectivity index (χ2v) is 4.67. The zero-order valence-corrected chi connectivity index (χ0v) is 10.5. The van der Waals surface area contributed by atoms with Crippen LogP contribution in [-0.4, -0.2) is 55.2 Å². The van der Waals surface area contributed by atoms with Gasteiger partial charge in [0.15, 0.2) is 10.8 Å². The van der Waals surface area contributed by atoms with Crippen LogP contribution < -0.4 is 5.73 Å². The summed E-state index contributed by atoms with van der Waals surface area (Å²) in [5, 5.41) is 19.3. The molecule has 9 heteroatoms. The number of ether oxygens (including phenoxy) is 1. The number of nitrogens with zero attached hydrogens (tertiary/aromatic N) is 4. The number of hydrogen-bond acceptors (Lipinski definition) is 7.